The molecule has 112 valence electrons. The first-order valence-corrected chi connectivity index (χ1v) is 7.89. The number of carbonyl (C=O) groups excluding carboxylic acids is 1. The number of Topliss-reactive ketones (excluding diaryl/α,β-unsaturated/α-hetero) is 1. The summed E-state index contributed by atoms with van der Waals surface area (Å²) in [5.74, 6) is -0.0757. The summed E-state index contributed by atoms with van der Waals surface area (Å²) < 4.78 is 1.91. The van der Waals surface area contributed by atoms with Crippen LogP contribution in [0.2, 0.25) is 0 Å². The molecule has 2 atom stereocenters. The number of aliphatic hydroxyl groups excluding tert-OH is 1. The van der Waals surface area contributed by atoms with Gasteiger partial charge in [-0.05, 0) is 30.8 Å². The van der Waals surface area contributed by atoms with Crippen molar-refractivity contribution in [3.8, 4) is 0 Å². The van der Waals surface area contributed by atoms with Gasteiger partial charge in [0.25, 0.3) is 5.56 Å². The van der Waals surface area contributed by atoms with Gasteiger partial charge < -0.3 is 10.4 Å². The molecule has 0 saturated carbocycles. The first kappa shape index (κ1) is 14.4. The molecular weight excluding hydrogens is 290 g/mol. The van der Waals surface area contributed by atoms with Crippen molar-refractivity contribution >= 4 is 27.3 Å². The third-order valence-corrected chi connectivity index (χ3v) is 4.67. The number of hydrogen-bond acceptors (Lipinski definition) is 6. The highest BCUT2D eigenvalue weighted by Crippen LogP contribution is 2.14. The molecule has 0 spiro atoms. The van der Waals surface area contributed by atoms with Crippen molar-refractivity contribution in [2.24, 2.45) is 0 Å². The molecule has 1 fully saturated rings. The Morgan fingerprint density at radius 3 is 3.24 bits per heavy atom. The number of aliphatic hydroxyl groups is 1. The Morgan fingerprint density at radius 1 is 1.57 bits per heavy atom. The molecule has 0 aliphatic carbocycles. The van der Waals surface area contributed by atoms with Crippen molar-refractivity contribution in [3.05, 3.63) is 28.1 Å². The van der Waals surface area contributed by atoms with E-state index in [1.807, 2.05) is 5.38 Å². The minimum absolute atomic E-state index is 0.00454. The number of piperidine rings is 1. The Kier molecular flexibility index (Phi) is 4.14. The smallest absolute Gasteiger partial charge is 0.271 e. The standard InChI is InChI=1S/C14H17N3O3S/c18-9(6-11-12(19)2-1-4-15-11)7-17-8-16-10-3-5-21-13(10)14(17)20/h3,5,8,11-12,15,19H,1-2,4,6-7H2. The fourth-order valence-electron chi connectivity index (χ4n) is 2.64. The zero-order chi connectivity index (χ0) is 14.8. The van der Waals surface area contributed by atoms with Crippen LogP contribution in [-0.4, -0.2) is 39.1 Å². The van der Waals surface area contributed by atoms with Crippen LogP contribution in [-0.2, 0) is 11.3 Å². The van der Waals surface area contributed by atoms with Crippen LogP contribution >= 0.6 is 11.3 Å². The molecule has 7 heteroatoms. The summed E-state index contributed by atoms with van der Waals surface area (Å²) in [6.45, 7) is 0.822. The quantitative estimate of drug-likeness (QED) is 0.861. The minimum atomic E-state index is -0.489. The molecule has 2 aromatic heterocycles. The number of carbonyl (C=O) groups is 1. The second-order valence-corrected chi connectivity index (χ2v) is 6.24. The number of nitrogens with zero attached hydrogens (tertiary/aromatic N) is 2. The largest absolute Gasteiger partial charge is 0.391 e. The average molecular weight is 307 g/mol. The summed E-state index contributed by atoms with van der Waals surface area (Å²) in [6.07, 6.45) is 2.80. The number of fused-ring (bicyclic) bond motifs is 1. The highest BCUT2D eigenvalue weighted by atomic mass is 32.1. The van der Waals surface area contributed by atoms with Crippen molar-refractivity contribution in [1.29, 1.82) is 0 Å². The van der Waals surface area contributed by atoms with Crippen LogP contribution in [0.5, 0.6) is 0 Å². The maximum Gasteiger partial charge on any atom is 0.271 e. The van der Waals surface area contributed by atoms with E-state index in [-0.39, 0.29) is 30.3 Å². The van der Waals surface area contributed by atoms with Crippen LogP contribution < -0.4 is 10.9 Å². The molecular formula is C14H17N3O3S. The van der Waals surface area contributed by atoms with E-state index in [9.17, 15) is 14.7 Å². The number of thiophene rings is 1. The fourth-order valence-corrected chi connectivity index (χ4v) is 3.43. The van der Waals surface area contributed by atoms with E-state index in [1.165, 1.54) is 22.2 Å². The summed E-state index contributed by atoms with van der Waals surface area (Å²) in [7, 11) is 0. The number of nitrogens with one attached hydrogen (secondary N) is 1. The third kappa shape index (κ3) is 3.04. The van der Waals surface area contributed by atoms with E-state index < -0.39 is 6.10 Å². The molecule has 2 N–H and O–H groups in total. The van der Waals surface area contributed by atoms with E-state index >= 15 is 0 Å². The van der Waals surface area contributed by atoms with Crippen molar-refractivity contribution in [3.63, 3.8) is 0 Å². The van der Waals surface area contributed by atoms with Crippen LogP contribution in [0.15, 0.2) is 22.6 Å². The van der Waals surface area contributed by atoms with E-state index in [4.69, 9.17) is 0 Å². The lowest BCUT2D eigenvalue weighted by Gasteiger charge is -2.28. The Morgan fingerprint density at radius 2 is 2.43 bits per heavy atom. The number of hydrogen-bond donors (Lipinski definition) is 2. The Balaban J connectivity index is 1.71. The molecule has 2 unspecified atom stereocenters. The van der Waals surface area contributed by atoms with Gasteiger partial charge >= 0.3 is 0 Å². The predicted molar refractivity (Wildman–Crippen MR) is 80.5 cm³/mol. The highest BCUT2D eigenvalue weighted by molar-refractivity contribution is 7.17. The van der Waals surface area contributed by atoms with Crippen LogP contribution in [0.4, 0.5) is 0 Å². The lowest BCUT2D eigenvalue weighted by molar-refractivity contribution is -0.121. The second-order valence-electron chi connectivity index (χ2n) is 5.33. The van der Waals surface area contributed by atoms with Gasteiger partial charge in [0.2, 0.25) is 0 Å². The summed E-state index contributed by atoms with van der Waals surface area (Å²) in [5, 5.41) is 14.8. The molecule has 3 rings (SSSR count). The maximum absolute atomic E-state index is 12.2. The Hall–Kier alpha value is -1.57. The zero-order valence-electron chi connectivity index (χ0n) is 11.5. The molecule has 0 aromatic carbocycles. The normalized spacial score (nSPS) is 22.5. The molecule has 0 radical (unpaired) electrons. The van der Waals surface area contributed by atoms with Gasteiger partial charge in [0.1, 0.15) is 4.70 Å². The topological polar surface area (TPSA) is 84.2 Å². The van der Waals surface area contributed by atoms with Gasteiger partial charge in [0, 0.05) is 12.5 Å². The summed E-state index contributed by atoms with van der Waals surface area (Å²) >= 11 is 1.33. The van der Waals surface area contributed by atoms with Gasteiger partial charge in [-0.15, -0.1) is 11.3 Å². The number of ketones is 1. The van der Waals surface area contributed by atoms with Crippen molar-refractivity contribution < 1.29 is 9.90 Å². The van der Waals surface area contributed by atoms with Gasteiger partial charge in [-0.1, -0.05) is 0 Å². The van der Waals surface area contributed by atoms with Gasteiger partial charge in [-0.3, -0.25) is 14.2 Å². The Labute approximate surface area is 125 Å². The van der Waals surface area contributed by atoms with E-state index in [0.29, 0.717) is 16.6 Å². The summed E-state index contributed by atoms with van der Waals surface area (Å²) in [6, 6.07) is 1.58. The molecule has 0 bridgehead atoms. The number of aromatic nitrogens is 2. The molecule has 0 amide bonds. The SMILES string of the molecule is O=C(CC1NCCCC1O)Cn1cnc2ccsc2c1=O. The van der Waals surface area contributed by atoms with Crippen molar-refractivity contribution in [2.45, 2.75) is 38.0 Å². The molecule has 1 aliphatic heterocycles. The van der Waals surface area contributed by atoms with Crippen molar-refractivity contribution in [2.75, 3.05) is 6.54 Å². The van der Waals surface area contributed by atoms with E-state index in [0.717, 1.165) is 13.0 Å². The second kappa shape index (κ2) is 6.05. The van der Waals surface area contributed by atoms with E-state index in [2.05, 4.69) is 10.3 Å². The summed E-state index contributed by atoms with van der Waals surface area (Å²) in [4.78, 5) is 28.5. The number of rotatable bonds is 4. The van der Waals surface area contributed by atoms with Crippen LogP contribution in [0, 0.1) is 0 Å². The summed E-state index contributed by atoms with van der Waals surface area (Å²) in [5.41, 5.74) is 0.485. The lowest BCUT2D eigenvalue weighted by atomic mass is 9.97. The first-order valence-electron chi connectivity index (χ1n) is 7.01. The Bertz CT molecular complexity index is 709. The molecule has 2 aromatic rings. The minimum Gasteiger partial charge on any atom is -0.391 e. The van der Waals surface area contributed by atoms with Crippen LogP contribution in [0.25, 0.3) is 10.2 Å². The lowest BCUT2D eigenvalue weighted by Crippen LogP contribution is -2.46. The first-order chi connectivity index (χ1) is 10.1. The third-order valence-electron chi connectivity index (χ3n) is 3.78. The van der Waals surface area contributed by atoms with Gasteiger partial charge in [-0.2, -0.15) is 0 Å². The van der Waals surface area contributed by atoms with E-state index in [1.54, 1.807) is 6.07 Å². The molecule has 6 nitrogen and oxygen atoms in total. The van der Waals surface area contributed by atoms with Gasteiger partial charge in [-0.25, -0.2) is 4.98 Å². The molecule has 1 saturated heterocycles. The predicted octanol–water partition coefficient (Wildman–Crippen LogP) is 0.530. The monoisotopic (exact) mass is 307 g/mol. The average Bonchev–Trinajstić information content (AvgIpc) is 2.94. The van der Waals surface area contributed by atoms with Gasteiger partial charge in [0.05, 0.1) is 24.5 Å². The van der Waals surface area contributed by atoms with Crippen LogP contribution in [0.3, 0.4) is 0 Å². The highest BCUT2D eigenvalue weighted by Gasteiger charge is 2.25. The maximum atomic E-state index is 12.2. The van der Waals surface area contributed by atoms with Crippen LogP contribution in [0.1, 0.15) is 19.3 Å². The molecule has 21 heavy (non-hydrogen) atoms. The van der Waals surface area contributed by atoms with Gasteiger partial charge in [0.15, 0.2) is 5.78 Å². The van der Waals surface area contributed by atoms with Crippen molar-refractivity contribution in [1.82, 2.24) is 14.9 Å². The fraction of sp³-hybridized carbons (Fsp3) is 0.500. The molecule has 1 aliphatic rings. The zero-order valence-corrected chi connectivity index (χ0v) is 12.3. The molecule has 3 heterocycles.